The Bertz CT molecular complexity index is 2850. The molecule has 2 aliphatic carbocycles. The van der Waals surface area contributed by atoms with Crippen molar-refractivity contribution in [3.8, 4) is 0 Å². The van der Waals surface area contributed by atoms with Crippen molar-refractivity contribution in [3.63, 3.8) is 0 Å². The van der Waals surface area contributed by atoms with Gasteiger partial charge in [-0.2, -0.15) is 0 Å². The molecule has 0 bridgehead atoms. The molecule has 0 saturated heterocycles. The Hall–Kier alpha value is -4.28. The predicted molar refractivity (Wildman–Crippen MR) is 273 cm³/mol. The second-order valence-corrected chi connectivity index (χ2v) is 25.6. The Morgan fingerprint density at radius 3 is 1.71 bits per heavy atom. The molecular formula is C58H69BN2S. The van der Waals surface area contributed by atoms with Gasteiger partial charge in [0.2, 0.25) is 0 Å². The van der Waals surface area contributed by atoms with E-state index in [0.29, 0.717) is 0 Å². The Labute approximate surface area is 378 Å². The lowest BCUT2D eigenvalue weighted by molar-refractivity contribution is 0.331. The van der Waals surface area contributed by atoms with Crippen LogP contribution in [0, 0.1) is 13.8 Å². The van der Waals surface area contributed by atoms with Crippen LogP contribution in [-0.4, -0.2) is 6.71 Å². The van der Waals surface area contributed by atoms with Gasteiger partial charge in [-0.05, 0) is 164 Å². The number of hydrogen-bond acceptors (Lipinski definition) is 3. The van der Waals surface area contributed by atoms with Crippen LogP contribution in [0.3, 0.4) is 0 Å². The summed E-state index contributed by atoms with van der Waals surface area (Å²) in [7, 11) is 0. The third kappa shape index (κ3) is 6.08. The molecule has 62 heavy (non-hydrogen) atoms. The van der Waals surface area contributed by atoms with Crippen LogP contribution in [0.4, 0.5) is 34.1 Å². The minimum atomic E-state index is -0.0867. The van der Waals surface area contributed by atoms with Crippen molar-refractivity contribution >= 4 is 78.0 Å². The zero-order chi connectivity index (χ0) is 44.4. The van der Waals surface area contributed by atoms with Crippen molar-refractivity contribution in [3.05, 3.63) is 123 Å². The lowest BCUT2D eigenvalue weighted by Crippen LogP contribution is -2.61. The number of hydrogen-bond donors (Lipinski definition) is 0. The second-order valence-electron chi connectivity index (χ2n) is 24.5. The summed E-state index contributed by atoms with van der Waals surface area (Å²) in [6.07, 6.45) is 4.75. The van der Waals surface area contributed by atoms with E-state index in [9.17, 15) is 0 Å². The average molecular weight is 837 g/mol. The number of anilines is 6. The van der Waals surface area contributed by atoms with Crippen molar-refractivity contribution in [2.45, 2.75) is 169 Å². The first-order chi connectivity index (χ1) is 28.8. The molecule has 6 aromatic rings. The lowest BCUT2D eigenvalue weighted by Gasteiger charge is -2.50. The molecule has 5 aromatic carbocycles. The Morgan fingerprint density at radius 2 is 1.10 bits per heavy atom. The quantitative estimate of drug-likeness (QED) is 0.160. The topological polar surface area (TPSA) is 6.48 Å². The van der Waals surface area contributed by atoms with Gasteiger partial charge in [-0.1, -0.05) is 139 Å². The fourth-order valence-corrected chi connectivity index (χ4v) is 13.1. The van der Waals surface area contributed by atoms with E-state index < -0.39 is 0 Å². The van der Waals surface area contributed by atoms with Crippen LogP contribution >= 0.6 is 11.3 Å². The normalized spacial score (nSPS) is 19.1. The summed E-state index contributed by atoms with van der Waals surface area (Å²) in [4.78, 5) is 5.49. The van der Waals surface area contributed by atoms with E-state index in [-0.39, 0.29) is 39.2 Å². The number of aryl methyl sites for hydroxylation is 2. The summed E-state index contributed by atoms with van der Waals surface area (Å²) in [5.41, 5.74) is 22.7. The molecule has 4 aliphatic rings. The van der Waals surface area contributed by atoms with Crippen LogP contribution < -0.4 is 25.5 Å². The molecule has 10 rings (SSSR count). The summed E-state index contributed by atoms with van der Waals surface area (Å²) in [6.45, 7) is 38.9. The van der Waals surface area contributed by atoms with E-state index >= 15 is 0 Å². The van der Waals surface area contributed by atoms with Crippen LogP contribution in [0.25, 0.3) is 10.1 Å². The van der Waals surface area contributed by atoms with Crippen molar-refractivity contribution in [1.82, 2.24) is 0 Å². The molecule has 0 spiro atoms. The summed E-state index contributed by atoms with van der Waals surface area (Å²) in [5, 5.41) is 1.36. The van der Waals surface area contributed by atoms with Gasteiger partial charge >= 0.3 is 0 Å². The fraction of sp³-hybridized carbons (Fsp3) is 0.448. The van der Waals surface area contributed by atoms with Gasteiger partial charge in [0, 0.05) is 43.3 Å². The largest absolute Gasteiger partial charge is 0.311 e. The molecule has 0 saturated carbocycles. The van der Waals surface area contributed by atoms with E-state index in [0.717, 1.165) is 6.42 Å². The second kappa shape index (κ2) is 13.2. The van der Waals surface area contributed by atoms with Crippen molar-refractivity contribution in [2.75, 3.05) is 9.80 Å². The van der Waals surface area contributed by atoms with Crippen LogP contribution in [0.1, 0.15) is 167 Å². The number of nitrogens with zero attached hydrogens (tertiary/aromatic N) is 2. The molecule has 0 unspecified atom stereocenters. The molecule has 0 fully saturated rings. The van der Waals surface area contributed by atoms with Crippen molar-refractivity contribution in [1.29, 1.82) is 0 Å². The lowest BCUT2D eigenvalue weighted by atomic mass is 9.35. The summed E-state index contributed by atoms with van der Waals surface area (Å²) in [5.74, 6) is 0. The minimum absolute atomic E-state index is 0.00456. The molecule has 0 amide bonds. The first-order valence-corrected chi connectivity index (χ1v) is 24.4. The third-order valence-electron chi connectivity index (χ3n) is 16.0. The molecule has 2 nitrogen and oxygen atoms in total. The fourth-order valence-electron chi connectivity index (χ4n) is 11.8. The van der Waals surface area contributed by atoms with E-state index in [1.54, 1.807) is 5.56 Å². The smallest absolute Gasteiger partial charge is 0.264 e. The van der Waals surface area contributed by atoms with Gasteiger partial charge in [-0.3, -0.25) is 0 Å². The number of fused-ring (bicyclic) bond motifs is 9. The predicted octanol–water partition coefficient (Wildman–Crippen LogP) is 14.9. The van der Waals surface area contributed by atoms with E-state index in [4.69, 9.17) is 0 Å². The maximum absolute atomic E-state index is 2.82. The van der Waals surface area contributed by atoms with Crippen molar-refractivity contribution < 1.29 is 0 Å². The molecule has 2 aliphatic heterocycles. The SMILES string of the molecule is Cc1ccc2sc3c(c2c1)N(c1ccc(C(C)(C)C)cc1)c1cc(C(C)(C)C)cc2c1B3c1ccc3c(c1N2c1cc2c(cc1C)C(C)(C)CCC2(C)C)C(C)(C)CCC3(C)C. The zero-order valence-corrected chi connectivity index (χ0v) is 41.5. The van der Waals surface area contributed by atoms with Gasteiger partial charge in [-0.15, -0.1) is 11.3 Å². The standard InChI is InChI=1S/C58H69BN2S/c1-34-17-24-47-39(29-34)50-52(62-47)59-43-23-22-40-48(58(15,16)28-27-55(40,9)10)51(43)61(44-33-42-41(30-35(44)2)56(11,12)25-26-57(42,13)14)46-32-37(54(6,7)8)31-45(49(46)59)60(50)38-20-18-36(19-21-38)53(3,4)5/h17-24,29-33H,25-28H2,1-16H3. The van der Waals surface area contributed by atoms with Gasteiger partial charge in [-0.25, -0.2) is 0 Å². The highest BCUT2D eigenvalue weighted by Crippen LogP contribution is 2.57. The number of benzene rings is 5. The maximum atomic E-state index is 2.82. The minimum Gasteiger partial charge on any atom is -0.311 e. The summed E-state index contributed by atoms with van der Waals surface area (Å²) >= 11 is 2.02. The Balaban J connectivity index is 1.39. The Morgan fingerprint density at radius 1 is 0.532 bits per heavy atom. The molecule has 3 heterocycles. The number of rotatable bonds is 2. The van der Waals surface area contributed by atoms with Crippen LogP contribution in [0.2, 0.25) is 0 Å². The number of thiophene rings is 1. The van der Waals surface area contributed by atoms with Crippen LogP contribution in [-0.2, 0) is 32.5 Å². The highest BCUT2D eigenvalue weighted by Gasteiger charge is 2.50. The van der Waals surface area contributed by atoms with Gasteiger partial charge < -0.3 is 9.80 Å². The molecule has 320 valence electrons. The summed E-state index contributed by atoms with van der Waals surface area (Å²) < 4.78 is 2.82. The molecule has 0 atom stereocenters. The third-order valence-corrected chi connectivity index (χ3v) is 17.3. The first-order valence-electron chi connectivity index (χ1n) is 23.6. The van der Waals surface area contributed by atoms with Crippen LogP contribution in [0.15, 0.2) is 78.9 Å². The van der Waals surface area contributed by atoms with Gasteiger partial charge in [0.15, 0.2) is 0 Å². The molecular weight excluding hydrogens is 768 g/mol. The monoisotopic (exact) mass is 837 g/mol. The van der Waals surface area contributed by atoms with E-state index in [1.807, 2.05) is 11.3 Å². The zero-order valence-electron chi connectivity index (χ0n) is 40.7. The van der Waals surface area contributed by atoms with Gasteiger partial charge in [0.1, 0.15) is 0 Å². The van der Waals surface area contributed by atoms with E-state index in [2.05, 4.69) is 199 Å². The molecule has 0 N–H and O–H groups in total. The average Bonchev–Trinajstić information content (AvgIpc) is 3.55. The highest BCUT2D eigenvalue weighted by atomic mass is 32.1. The van der Waals surface area contributed by atoms with Gasteiger partial charge in [0.25, 0.3) is 6.71 Å². The molecule has 0 radical (unpaired) electrons. The van der Waals surface area contributed by atoms with E-state index in [1.165, 1.54) is 118 Å². The maximum Gasteiger partial charge on any atom is 0.264 e. The molecule has 4 heteroatoms. The highest BCUT2D eigenvalue weighted by molar-refractivity contribution is 7.33. The van der Waals surface area contributed by atoms with Crippen LogP contribution in [0.5, 0.6) is 0 Å². The molecule has 1 aromatic heterocycles. The summed E-state index contributed by atoms with van der Waals surface area (Å²) in [6, 6.07) is 32.3. The van der Waals surface area contributed by atoms with Crippen molar-refractivity contribution in [2.24, 2.45) is 0 Å². The Kier molecular flexibility index (Phi) is 8.85. The van der Waals surface area contributed by atoms with Gasteiger partial charge in [0.05, 0.1) is 5.69 Å². The first kappa shape index (κ1) is 41.7.